The van der Waals surface area contributed by atoms with Gasteiger partial charge in [-0.1, -0.05) is 12.1 Å². The molecular weight excluding hydrogens is 343 g/mol. The van der Waals surface area contributed by atoms with E-state index in [4.69, 9.17) is 5.26 Å². The summed E-state index contributed by atoms with van der Waals surface area (Å²) < 4.78 is 12.9. The lowest BCUT2D eigenvalue weighted by atomic mass is 10.1. The maximum absolute atomic E-state index is 12.9. The van der Waals surface area contributed by atoms with E-state index in [0.717, 1.165) is 11.3 Å². The van der Waals surface area contributed by atoms with Gasteiger partial charge in [-0.05, 0) is 60.5 Å². The lowest BCUT2D eigenvalue weighted by Gasteiger charge is -2.08. The van der Waals surface area contributed by atoms with Crippen LogP contribution >= 0.6 is 0 Å². The maximum Gasteiger partial charge on any atom is 0.252 e. The third kappa shape index (κ3) is 5.13. The molecule has 0 bridgehead atoms. The van der Waals surface area contributed by atoms with Crippen LogP contribution in [0.25, 0.3) is 0 Å². The molecule has 1 heterocycles. The first-order valence-electron chi connectivity index (χ1n) is 8.40. The van der Waals surface area contributed by atoms with Crippen molar-refractivity contribution >= 4 is 17.4 Å². The summed E-state index contributed by atoms with van der Waals surface area (Å²) in [7, 11) is 0. The van der Waals surface area contributed by atoms with Gasteiger partial charge in [0.15, 0.2) is 0 Å². The number of rotatable bonds is 6. The van der Waals surface area contributed by atoms with Crippen LogP contribution in [-0.2, 0) is 6.42 Å². The second kappa shape index (κ2) is 8.59. The van der Waals surface area contributed by atoms with Crippen LogP contribution in [0.4, 0.5) is 15.9 Å². The van der Waals surface area contributed by atoms with Crippen molar-refractivity contribution in [3.05, 3.63) is 89.4 Å². The Morgan fingerprint density at radius 1 is 1.04 bits per heavy atom. The monoisotopic (exact) mass is 360 g/mol. The molecule has 27 heavy (non-hydrogen) atoms. The molecule has 0 unspecified atom stereocenters. The van der Waals surface area contributed by atoms with Gasteiger partial charge in [-0.3, -0.25) is 4.79 Å². The van der Waals surface area contributed by atoms with Crippen LogP contribution in [0.3, 0.4) is 0 Å². The Bertz CT molecular complexity index is 945. The van der Waals surface area contributed by atoms with Crippen molar-refractivity contribution in [1.29, 1.82) is 5.26 Å². The Morgan fingerprint density at radius 2 is 1.78 bits per heavy atom. The summed E-state index contributed by atoms with van der Waals surface area (Å²) in [6, 6.07) is 18.7. The largest absolute Gasteiger partial charge is 0.352 e. The van der Waals surface area contributed by atoms with Gasteiger partial charge in [0.05, 0.1) is 17.2 Å². The fourth-order valence-corrected chi connectivity index (χ4v) is 2.45. The van der Waals surface area contributed by atoms with Crippen molar-refractivity contribution in [2.45, 2.75) is 6.42 Å². The van der Waals surface area contributed by atoms with Gasteiger partial charge in [0.1, 0.15) is 11.6 Å². The predicted molar refractivity (Wildman–Crippen MR) is 101 cm³/mol. The number of nitriles is 1. The van der Waals surface area contributed by atoms with Gasteiger partial charge in [0, 0.05) is 18.4 Å². The Morgan fingerprint density at radius 3 is 2.41 bits per heavy atom. The Balaban J connectivity index is 1.52. The maximum atomic E-state index is 12.9. The topological polar surface area (TPSA) is 77.8 Å². The quantitative estimate of drug-likeness (QED) is 0.701. The Kier molecular flexibility index (Phi) is 5.75. The van der Waals surface area contributed by atoms with Gasteiger partial charge >= 0.3 is 0 Å². The zero-order chi connectivity index (χ0) is 19.1. The SMILES string of the molecule is N#Cc1ccc(Nc2ccc(C(=O)NCCc3ccc(F)cc3)cn2)cc1. The molecule has 6 heteroatoms. The molecule has 0 saturated carbocycles. The van der Waals surface area contributed by atoms with Crippen LogP contribution in [0.1, 0.15) is 21.5 Å². The minimum absolute atomic E-state index is 0.213. The molecule has 134 valence electrons. The van der Waals surface area contributed by atoms with E-state index in [1.54, 1.807) is 48.5 Å². The molecule has 0 spiro atoms. The molecule has 0 aliphatic heterocycles. The van der Waals surface area contributed by atoms with Gasteiger partial charge in [-0.25, -0.2) is 9.37 Å². The van der Waals surface area contributed by atoms with E-state index in [1.165, 1.54) is 18.3 Å². The number of aromatic nitrogens is 1. The van der Waals surface area contributed by atoms with Gasteiger partial charge in [0.25, 0.3) is 5.91 Å². The van der Waals surface area contributed by atoms with Gasteiger partial charge in [-0.15, -0.1) is 0 Å². The number of nitrogens with zero attached hydrogens (tertiary/aromatic N) is 2. The molecule has 1 aromatic heterocycles. The van der Waals surface area contributed by atoms with Crippen LogP contribution in [0.5, 0.6) is 0 Å². The Labute approximate surface area is 156 Å². The van der Waals surface area contributed by atoms with E-state index in [1.807, 2.05) is 0 Å². The van der Waals surface area contributed by atoms with E-state index in [9.17, 15) is 9.18 Å². The smallest absolute Gasteiger partial charge is 0.252 e. The average Bonchev–Trinajstić information content (AvgIpc) is 2.70. The van der Waals surface area contributed by atoms with Crippen molar-refractivity contribution in [1.82, 2.24) is 10.3 Å². The van der Waals surface area contributed by atoms with Crippen LogP contribution < -0.4 is 10.6 Å². The molecule has 0 fully saturated rings. The van der Waals surface area contributed by atoms with Gasteiger partial charge < -0.3 is 10.6 Å². The number of hydrogen-bond donors (Lipinski definition) is 2. The number of carbonyl (C=O) groups excluding carboxylic acids is 1. The van der Waals surface area contributed by atoms with E-state index in [0.29, 0.717) is 29.9 Å². The minimum atomic E-state index is -0.274. The van der Waals surface area contributed by atoms with E-state index >= 15 is 0 Å². The molecule has 1 amide bonds. The van der Waals surface area contributed by atoms with Crippen molar-refractivity contribution in [2.75, 3.05) is 11.9 Å². The summed E-state index contributed by atoms with van der Waals surface area (Å²) in [6.45, 7) is 0.454. The fourth-order valence-electron chi connectivity index (χ4n) is 2.45. The van der Waals surface area contributed by atoms with Crippen molar-refractivity contribution in [3.63, 3.8) is 0 Å². The predicted octanol–water partition coefficient (Wildman–Crippen LogP) is 3.81. The van der Waals surface area contributed by atoms with Crippen LogP contribution in [0.15, 0.2) is 66.9 Å². The van der Waals surface area contributed by atoms with Gasteiger partial charge in [-0.2, -0.15) is 5.26 Å². The second-order valence-corrected chi connectivity index (χ2v) is 5.88. The van der Waals surface area contributed by atoms with Crippen LogP contribution in [0, 0.1) is 17.1 Å². The number of pyridine rings is 1. The first-order chi connectivity index (χ1) is 13.1. The molecule has 3 aromatic rings. The van der Waals surface area contributed by atoms with Crippen molar-refractivity contribution in [3.8, 4) is 6.07 Å². The zero-order valence-corrected chi connectivity index (χ0v) is 14.4. The minimum Gasteiger partial charge on any atom is -0.352 e. The number of nitrogens with one attached hydrogen (secondary N) is 2. The first kappa shape index (κ1) is 18.1. The second-order valence-electron chi connectivity index (χ2n) is 5.88. The number of anilines is 2. The number of hydrogen-bond acceptors (Lipinski definition) is 4. The molecule has 2 N–H and O–H groups in total. The van der Waals surface area contributed by atoms with E-state index < -0.39 is 0 Å². The molecule has 0 radical (unpaired) electrons. The molecular formula is C21H17FN4O. The standard InChI is InChI=1S/C21H17FN4O/c22-18-6-1-15(2-7-18)11-12-24-21(27)17-5-10-20(25-14-17)26-19-8-3-16(13-23)4-9-19/h1-10,14H,11-12H2,(H,24,27)(H,25,26). The molecule has 2 aromatic carbocycles. The van der Waals surface area contributed by atoms with Crippen molar-refractivity contribution in [2.24, 2.45) is 0 Å². The average molecular weight is 360 g/mol. The molecule has 3 rings (SSSR count). The van der Waals surface area contributed by atoms with Gasteiger partial charge in [0.2, 0.25) is 0 Å². The molecule has 0 aliphatic rings. The van der Waals surface area contributed by atoms with Crippen molar-refractivity contribution < 1.29 is 9.18 Å². The number of benzene rings is 2. The summed E-state index contributed by atoms with van der Waals surface area (Å²) in [6.07, 6.45) is 2.12. The highest BCUT2D eigenvalue weighted by molar-refractivity contribution is 5.94. The van der Waals surface area contributed by atoms with Crippen LogP contribution in [-0.4, -0.2) is 17.4 Å². The summed E-state index contributed by atoms with van der Waals surface area (Å²) in [5.41, 5.74) is 2.80. The Hall–Kier alpha value is -3.72. The van der Waals surface area contributed by atoms with E-state index in [-0.39, 0.29) is 11.7 Å². The molecule has 5 nitrogen and oxygen atoms in total. The highest BCUT2D eigenvalue weighted by Crippen LogP contribution is 2.15. The number of carbonyl (C=O) groups is 1. The summed E-state index contributed by atoms with van der Waals surface area (Å²) in [5, 5.41) is 14.7. The summed E-state index contributed by atoms with van der Waals surface area (Å²) in [5.74, 6) is 0.112. The molecule has 0 atom stereocenters. The zero-order valence-electron chi connectivity index (χ0n) is 14.4. The number of halogens is 1. The normalized spacial score (nSPS) is 10.1. The third-order valence-corrected chi connectivity index (χ3v) is 3.92. The number of amides is 1. The lowest BCUT2D eigenvalue weighted by molar-refractivity contribution is 0.0954. The van der Waals surface area contributed by atoms with E-state index in [2.05, 4.69) is 21.7 Å². The summed E-state index contributed by atoms with van der Waals surface area (Å²) >= 11 is 0. The molecule has 0 aliphatic carbocycles. The lowest BCUT2D eigenvalue weighted by Crippen LogP contribution is -2.25. The summed E-state index contributed by atoms with van der Waals surface area (Å²) in [4.78, 5) is 16.4. The molecule has 0 saturated heterocycles. The fraction of sp³-hybridized carbons (Fsp3) is 0.0952. The first-order valence-corrected chi connectivity index (χ1v) is 8.40. The third-order valence-electron chi connectivity index (χ3n) is 3.92. The highest BCUT2D eigenvalue weighted by atomic mass is 19.1. The van der Waals surface area contributed by atoms with Crippen LogP contribution in [0.2, 0.25) is 0 Å². The highest BCUT2D eigenvalue weighted by Gasteiger charge is 2.06.